The highest BCUT2D eigenvalue weighted by atomic mass is 31.1. The molecule has 0 heterocycles. The fraction of sp³-hybridized carbons (Fsp3) is 1.00. The van der Waals surface area contributed by atoms with Gasteiger partial charge in [0.1, 0.15) is 0 Å². The molecule has 2 nitrogen and oxygen atoms in total. The van der Waals surface area contributed by atoms with Crippen molar-refractivity contribution in [2.75, 3.05) is 6.61 Å². The minimum atomic E-state index is -0.220. The van der Waals surface area contributed by atoms with E-state index in [-0.39, 0.29) is 8.69 Å². The molecule has 0 bridgehead atoms. The summed E-state index contributed by atoms with van der Waals surface area (Å²) in [5.41, 5.74) is 0. The molecule has 0 unspecified atom stereocenters. The molecule has 0 aliphatic heterocycles. The smallest absolute Gasteiger partial charge is 0.295 e. The maximum absolute atomic E-state index is 9.28. The third-order valence-corrected chi connectivity index (χ3v) is 0.545. The third kappa shape index (κ3) is 4.06. The quantitative estimate of drug-likeness (QED) is 0.479. The lowest BCUT2D eigenvalue weighted by Gasteiger charge is -1.72. The van der Waals surface area contributed by atoms with Crippen LogP contribution in [0.4, 0.5) is 0 Å². The van der Waals surface area contributed by atoms with E-state index >= 15 is 0 Å². The third-order valence-electron chi connectivity index (χ3n) is 0.182. The van der Waals surface area contributed by atoms with Crippen molar-refractivity contribution < 1.29 is 9.09 Å². The molecule has 0 saturated heterocycles. The molecule has 5 heavy (non-hydrogen) atoms. The van der Waals surface area contributed by atoms with E-state index in [1.54, 1.807) is 6.92 Å². The minimum absolute atomic E-state index is 0.220. The Bertz CT molecular complexity index is 28.8. The first-order valence-electron chi connectivity index (χ1n) is 1.36. The summed E-state index contributed by atoms with van der Waals surface area (Å²) in [4.78, 5) is 0. The van der Waals surface area contributed by atoms with Gasteiger partial charge in [-0.05, 0) is 6.92 Å². The monoisotopic (exact) mass is 92.0 g/mol. The van der Waals surface area contributed by atoms with Crippen LogP contribution in [0.2, 0.25) is 0 Å². The second-order valence-electron chi connectivity index (χ2n) is 0.492. The van der Waals surface area contributed by atoms with Crippen LogP contribution in [0.25, 0.3) is 0 Å². The summed E-state index contributed by atoms with van der Waals surface area (Å²) in [7, 11) is -0.220. The molecule has 0 spiro atoms. The van der Waals surface area contributed by atoms with Crippen LogP contribution in [0.15, 0.2) is 0 Å². The number of hydrogen-bond donors (Lipinski definition) is 0. The predicted octanol–water partition coefficient (Wildman–Crippen LogP) is 1.23. The Hall–Kier alpha value is 0.0600. The van der Waals surface area contributed by atoms with Gasteiger partial charge in [-0.1, -0.05) is 0 Å². The molecule has 3 heteroatoms. The Morgan fingerprint density at radius 2 is 2.60 bits per heavy atom. The van der Waals surface area contributed by atoms with Gasteiger partial charge in [0, 0.05) is 0 Å². The summed E-state index contributed by atoms with van der Waals surface area (Å²) in [5, 5.41) is 0. The van der Waals surface area contributed by atoms with Gasteiger partial charge in [-0.3, -0.25) is 4.52 Å². The molecule has 0 aromatic carbocycles. The molecule has 0 atom stereocenters. The number of hydrogen-bond acceptors (Lipinski definition) is 2. The van der Waals surface area contributed by atoms with E-state index in [1.807, 2.05) is 0 Å². The molecular formula is C2H5O2P. The average Bonchev–Trinajstić information content (AvgIpc) is 1.41. The Balaban J connectivity index is 2.40. The van der Waals surface area contributed by atoms with Crippen LogP contribution in [0.5, 0.6) is 0 Å². The second kappa shape index (κ2) is 4.06. The Labute approximate surface area is 32.4 Å². The molecule has 0 aliphatic rings. The Morgan fingerprint density at radius 3 is 2.60 bits per heavy atom. The first-order chi connectivity index (χ1) is 2.41. The van der Waals surface area contributed by atoms with Gasteiger partial charge in [-0.2, -0.15) is 0 Å². The molecule has 0 aliphatic carbocycles. The first kappa shape index (κ1) is 5.06. The van der Waals surface area contributed by atoms with Gasteiger partial charge >= 0.3 is 8.69 Å². The van der Waals surface area contributed by atoms with Crippen LogP contribution < -0.4 is 0 Å². The van der Waals surface area contributed by atoms with E-state index in [0.29, 0.717) is 6.61 Å². The summed E-state index contributed by atoms with van der Waals surface area (Å²) >= 11 is 0. The van der Waals surface area contributed by atoms with Crippen LogP contribution in [0.3, 0.4) is 0 Å². The summed E-state index contributed by atoms with van der Waals surface area (Å²) < 4.78 is 13.5. The highest BCUT2D eigenvalue weighted by molar-refractivity contribution is 7.17. The van der Waals surface area contributed by atoms with Gasteiger partial charge in [0.05, 0.1) is 6.61 Å². The molecule has 0 N–H and O–H groups in total. The largest absolute Gasteiger partial charge is 0.327 e. The number of rotatable bonds is 2. The lowest BCUT2D eigenvalue weighted by Crippen LogP contribution is -1.65. The van der Waals surface area contributed by atoms with E-state index in [1.165, 1.54) is 0 Å². The molecule has 0 amide bonds. The summed E-state index contributed by atoms with van der Waals surface area (Å²) in [5.74, 6) is 0. The molecule has 0 rings (SSSR count). The maximum Gasteiger partial charge on any atom is 0.327 e. The molecule has 0 fully saturated rings. The highest BCUT2D eigenvalue weighted by Crippen LogP contribution is 1.89. The van der Waals surface area contributed by atoms with Crippen molar-refractivity contribution >= 4 is 8.69 Å². The lowest BCUT2D eigenvalue weighted by atomic mass is 10.9. The predicted molar refractivity (Wildman–Crippen MR) is 19.2 cm³/mol. The molecule has 0 aromatic rings. The summed E-state index contributed by atoms with van der Waals surface area (Å²) in [6.45, 7) is 2.30. The SMILES string of the molecule is CCOP=O. The fourth-order valence-electron chi connectivity index (χ4n) is 0.0527. The van der Waals surface area contributed by atoms with Crippen molar-refractivity contribution in [1.29, 1.82) is 0 Å². The van der Waals surface area contributed by atoms with E-state index < -0.39 is 0 Å². The molecule has 0 radical (unpaired) electrons. The van der Waals surface area contributed by atoms with Crippen molar-refractivity contribution in [1.82, 2.24) is 0 Å². The van der Waals surface area contributed by atoms with Crippen LogP contribution in [-0.4, -0.2) is 6.61 Å². The maximum atomic E-state index is 9.28. The summed E-state index contributed by atoms with van der Waals surface area (Å²) in [6, 6.07) is 0. The van der Waals surface area contributed by atoms with Crippen LogP contribution >= 0.6 is 8.69 Å². The van der Waals surface area contributed by atoms with E-state index in [0.717, 1.165) is 0 Å². The normalized spacial score (nSPS) is 9.00. The Morgan fingerprint density at radius 1 is 2.00 bits per heavy atom. The van der Waals surface area contributed by atoms with Gasteiger partial charge < -0.3 is 0 Å². The van der Waals surface area contributed by atoms with Crippen LogP contribution in [0.1, 0.15) is 6.92 Å². The summed E-state index contributed by atoms with van der Waals surface area (Å²) in [6.07, 6.45) is 0. The zero-order valence-electron chi connectivity index (χ0n) is 2.97. The lowest BCUT2D eigenvalue weighted by molar-refractivity contribution is 0.365. The van der Waals surface area contributed by atoms with Crippen LogP contribution in [-0.2, 0) is 9.09 Å². The van der Waals surface area contributed by atoms with Crippen molar-refractivity contribution in [3.63, 3.8) is 0 Å². The van der Waals surface area contributed by atoms with Gasteiger partial charge in [0.2, 0.25) is 0 Å². The van der Waals surface area contributed by atoms with E-state index in [4.69, 9.17) is 0 Å². The van der Waals surface area contributed by atoms with E-state index in [2.05, 4.69) is 4.52 Å². The van der Waals surface area contributed by atoms with Gasteiger partial charge in [0.25, 0.3) is 0 Å². The van der Waals surface area contributed by atoms with Crippen molar-refractivity contribution in [2.45, 2.75) is 6.92 Å². The average molecular weight is 92.0 g/mol. The van der Waals surface area contributed by atoms with Crippen molar-refractivity contribution in [3.8, 4) is 0 Å². The van der Waals surface area contributed by atoms with Gasteiger partial charge in [-0.15, -0.1) is 0 Å². The topological polar surface area (TPSA) is 26.3 Å². The van der Waals surface area contributed by atoms with Gasteiger partial charge in [-0.25, -0.2) is 4.57 Å². The van der Waals surface area contributed by atoms with E-state index in [9.17, 15) is 4.57 Å². The van der Waals surface area contributed by atoms with Crippen LogP contribution in [0, 0.1) is 0 Å². The zero-order valence-corrected chi connectivity index (χ0v) is 3.87. The first-order valence-corrected chi connectivity index (χ1v) is 2.09. The molecule has 30 valence electrons. The molecule has 0 aromatic heterocycles. The zero-order chi connectivity index (χ0) is 4.12. The van der Waals surface area contributed by atoms with Gasteiger partial charge in [0.15, 0.2) is 0 Å². The fourth-order valence-corrected chi connectivity index (χ4v) is 0.158. The molecular weight excluding hydrogens is 87.0 g/mol. The highest BCUT2D eigenvalue weighted by Gasteiger charge is 1.65. The minimum Gasteiger partial charge on any atom is -0.295 e. The van der Waals surface area contributed by atoms with Crippen molar-refractivity contribution in [3.05, 3.63) is 0 Å². The second-order valence-corrected chi connectivity index (χ2v) is 0.900. The van der Waals surface area contributed by atoms with Crippen molar-refractivity contribution in [2.24, 2.45) is 0 Å². The standard InChI is InChI=1S/C2H5O2P/c1-2-4-5-3/h2H2,1H3. The Kier molecular flexibility index (Phi) is 4.11. The molecule has 0 saturated carbocycles.